The van der Waals surface area contributed by atoms with Crippen molar-refractivity contribution in [1.29, 1.82) is 0 Å². The molecule has 2 fully saturated rings. The van der Waals surface area contributed by atoms with Gasteiger partial charge in [0.05, 0.1) is 18.2 Å². The molecule has 1 unspecified atom stereocenters. The average molecular weight is 303 g/mol. The van der Waals surface area contributed by atoms with Crippen LogP contribution in [-0.2, 0) is 19.6 Å². The Balaban J connectivity index is 1.88. The first-order chi connectivity index (χ1) is 9.44. The predicted molar refractivity (Wildman–Crippen MR) is 73.4 cm³/mol. The van der Waals surface area contributed by atoms with Crippen LogP contribution < -0.4 is 10.0 Å². The summed E-state index contributed by atoms with van der Waals surface area (Å²) in [6.07, 6.45) is 4.02. The van der Waals surface area contributed by atoms with Crippen LogP contribution in [-0.4, -0.2) is 56.6 Å². The van der Waals surface area contributed by atoms with Crippen LogP contribution in [0, 0.1) is 0 Å². The van der Waals surface area contributed by atoms with E-state index in [1.807, 2.05) is 0 Å². The van der Waals surface area contributed by atoms with Crippen molar-refractivity contribution in [2.75, 3.05) is 19.3 Å². The van der Waals surface area contributed by atoms with Crippen LogP contribution in [0.25, 0.3) is 0 Å². The summed E-state index contributed by atoms with van der Waals surface area (Å²) in [5.74, 6) is -0.454. The lowest BCUT2D eigenvalue weighted by atomic mass is 10.2. The summed E-state index contributed by atoms with van der Waals surface area (Å²) in [5.41, 5.74) is 0. The minimum atomic E-state index is -3.29. The standard InChI is InChI=1S/C12H21N3O4S/c1-13-20(18,19)7-6-14-10-8-11(16)15(12(10)17)9-4-2-3-5-9/h9-10,13-14H,2-8H2,1H3. The molecule has 2 rings (SSSR count). The van der Waals surface area contributed by atoms with E-state index < -0.39 is 16.1 Å². The Morgan fingerprint density at radius 3 is 2.50 bits per heavy atom. The number of hydrogen-bond donors (Lipinski definition) is 2. The molecule has 20 heavy (non-hydrogen) atoms. The molecule has 7 nitrogen and oxygen atoms in total. The van der Waals surface area contributed by atoms with Gasteiger partial charge >= 0.3 is 0 Å². The van der Waals surface area contributed by atoms with E-state index in [-0.39, 0.29) is 36.6 Å². The van der Waals surface area contributed by atoms with Gasteiger partial charge in [-0.25, -0.2) is 13.1 Å². The van der Waals surface area contributed by atoms with Gasteiger partial charge in [0.2, 0.25) is 21.8 Å². The monoisotopic (exact) mass is 303 g/mol. The van der Waals surface area contributed by atoms with E-state index in [1.165, 1.54) is 11.9 Å². The van der Waals surface area contributed by atoms with Crippen molar-refractivity contribution >= 4 is 21.8 Å². The largest absolute Gasteiger partial charge is 0.304 e. The number of carbonyl (C=O) groups is 2. The highest BCUT2D eigenvalue weighted by Crippen LogP contribution is 2.28. The highest BCUT2D eigenvalue weighted by atomic mass is 32.2. The SMILES string of the molecule is CNS(=O)(=O)CCNC1CC(=O)N(C2CCCC2)C1=O. The summed E-state index contributed by atoms with van der Waals surface area (Å²) in [4.78, 5) is 25.5. The number of rotatable bonds is 6. The number of likely N-dealkylation sites (tertiary alicyclic amines) is 1. The lowest BCUT2D eigenvalue weighted by Crippen LogP contribution is -2.44. The van der Waals surface area contributed by atoms with E-state index >= 15 is 0 Å². The van der Waals surface area contributed by atoms with Gasteiger partial charge < -0.3 is 5.32 Å². The number of hydrogen-bond acceptors (Lipinski definition) is 5. The minimum Gasteiger partial charge on any atom is -0.304 e. The van der Waals surface area contributed by atoms with Crippen LogP contribution in [0.15, 0.2) is 0 Å². The van der Waals surface area contributed by atoms with E-state index in [4.69, 9.17) is 0 Å². The molecule has 1 heterocycles. The molecule has 1 atom stereocenters. The Bertz CT molecular complexity index is 485. The molecule has 2 N–H and O–H groups in total. The van der Waals surface area contributed by atoms with Crippen LogP contribution >= 0.6 is 0 Å². The Morgan fingerprint density at radius 2 is 1.90 bits per heavy atom. The van der Waals surface area contributed by atoms with Crippen LogP contribution in [0.1, 0.15) is 32.1 Å². The smallest absolute Gasteiger partial charge is 0.247 e. The Kier molecular flexibility index (Phi) is 4.77. The molecule has 8 heteroatoms. The van der Waals surface area contributed by atoms with Gasteiger partial charge in [-0.3, -0.25) is 14.5 Å². The lowest BCUT2D eigenvalue weighted by molar-refractivity contribution is -0.141. The molecule has 114 valence electrons. The van der Waals surface area contributed by atoms with Crippen molar-refractivity contribution in [1.82, 2.24) is 14.9 Å². The molecule has 0 aromatic carbocycles. The number of sulfonamides is 1. The summed E-state index contributed by atoms with van der Waals surface area (Å²) in [6.45, 7) is 0.158. The Hall–Kier alpha value is -0.990. The van der Waals surface area contributed by atoms with Crippen molar-refractivity contribution in [3.63, 3.8) is 0 Å². The molecule has 0 aromatic heterocycles. The van der Waals surface area contributed by atoms with E-state index in [1.54, 1.807) is 0 Å². The topological polar surface area (TPSA) is 95.6 Å². The number of amides is 2. The summed E-state index contributed by atoms with van der Waals surface area (Å²) >= 11 is 0. The Morgan fingerprint density at radius 1 is 1.25 bits per heavy atom. The normalized spacial score (nSPS) is 24.9. The number of imide groups is 1. The molecule has 1 aliphatic heterocycles. The Labute approximate surface area is 119 Å². The van der Waals surface area contributed by atoms with Gasteiger partial charge in [0.15, 0.2) is 0 Å². The van der Waals surface area contributed by atoms with Crippen molar-refractivity contribution < 1.29 is 18.0 Å². The average Bonchev–Trinajstić information content (AvgIpc) is 2.99. The van der Waals surface area contributed by atoms with Crippen molar-refractivity contribution in [3.8, 4) is 0 Å². The zero-order valence-corrected chi connectivity index (χ0v) is 12.4. The van der Waals surface area contributed by atoms with E-state index in [0.717, 1.165) is 25.7 Å². The molecular weight excluding hydrogens is 282 g/mol. The van der Waals surface area contributed by atoms with Crippen LogP contribution in [0.2, 0.25) is 0 Å². The van der Waals surface area contributed by atoms with Crippen molar-refractivity contribution in [2.24, 2.45) is 0 Å². The third kappa shape index (κ3) is 3.36. The highest BCUT2D eigenvalue weighted by molar-refractivity contribution is 7.89. The van der Waals surface area contributed by atoms with E-state index in [2.05, 4.69) is 10.0 Å². The van der Waals surface area contributed by atoms with E-state index in [9.17, 15) is 18.0 Å². The first kappa shape index (κ1) is 15.4. The second kappa shape index (κ2) is 6.19. The van der Waals surface area contributed by atoms with Crippen LogP contribution in [0.5, 0.6) is 0 Å². The van der Waals surface area contributed by atoms with Gasteiger partial charge in [0.1, 0.15) is 0 Å². The van der Waals surface area contributed by atoms with Gasteiger partial charge in [-0.1, -0.05) is 12.8 Å². The third-order valence-electron chi connectivity index (χ3n) is 3.95. The molecule has 1 saturated heterocycles. The molecule has 0 aromatic rings. The lowest BCUT2D eigenvalue weighted by Gasteiger charge is -2.22. The molecule has 0 bridgehead atoms. The second-order valence-corrected chi connectivity index (χ2v) is 7.32. The number of carbonyl (C=O) groups excluding carboxylic acids is 2. The van der Waals surface area contributed by atoms with Gasteiger partial charge in [-0.05, 0) is 19.9 Å². The van der Waals surface area contributed by atoms with Crippen LogP contribution in [0.4, 0.5) is 0 Å². The highest BCUT2D eigenvalue weighted by Gasteiger charge is 2.42. The number of nitrogens with one attached hydrogen (secondary N) is 2. The van der Waals surface area contributed by atoms with Crippen molar-refractivity contribution in [2.45, 2.75) is 44.2 Å². The van der Waals surface area contributed by atoms with E-state index in [0.29, 0.717) is 0 Å². The van der Waals surface area contributed by atoms with Crippen LogP contribution in [0.3, 0.4) is 0 Å². The van der Waals surface area contributed by atoms with Gasteiger partial charge in [0, 0.05) is 12.6 Å². The molecule has 2 amide bonds. The molecule has 2 aliphatic rings. The summed E-state index contributed by atoms with van der Waals surface area (Å²) < 4.78 is 24.8. The maximum absolute atomic E-state index is 12.2. The van der Waals surface area contributed by atoms with Crippen molar-refractivity contribution in [3.05, 3.63) is 0 Å². The summed E-state index contributed by atoms with van der Waals surface area (Å²) in [6, 6.07) is -0.530. The fraction of sp³-hybridized carbons (Fsp3) is 0.833. The molecule has 1 saturated carbocycles. The van der Waals surface area contributed by atoms with Gasteiger partial charge in [0.25, 0.3) is 0 Å². The van der Waals surface area contributed by atoms with Gasteiger partial charge in [-0.2, -0.15) is 0 Å². The molecule has 1 aliphatic carbocycles. The third-order valence-corrected chi connectivity index (χ3v) is 5.31. The summed E-state index contributed by atoms with van der Waals surface area (Å²) in [5, 5.41) is 2.87. The quantitative estimate of drug-likeness (QED) is 0.626. The first-order valence-electron chi connectivity index (χ1n) is 6.95. The fourth-order valence-electron chi connectivity index (χ4n) is 2.83. The van der Waals surface area contributed by atoms with Gasteiger partial charge in [-0.15, -0.1) is 0 Å². The zero-order valence-electron chi connectivity index (χ0n) is 11.6. The number of nitrogens with zero attached hydrogens (tertiary/aromatic N) is 1. The predicted octanol–water partition coefficient (Wildman–Crippen LogP) is -0.805. The molecule has 0 spiro atoms. The molecular formula is C12H21N3O4S. The second-order valence-electron chi connectivity index (χ2n) is 5.27. The maximum atomic E-state index is 12.2. The first-order valence-corrected chi connectivity index (χ1v) is 8.60. The minimum absolute atomic E-state index is 0.0443. The summed E-state index contributed by atoms with van der Waals surface area (Å²) in [7, 11) is -1.95. The fourth-order valence-corrected chi connectivity index (χ4v) is 3.42. The maximum Gasteiger partial charge on any atom is 0.247 e. The zero-order chi connectivity index (χ0) is 14.8. The molecule has 0 radical (unpaired) electrons.